The third-order valence-electron chi connectivity index (χ3n) is 5.49. The first-order chi connectivity index (χ1) is 14.5. The van der Waals surface area contributed by atoms with Gasteiger partial charge in [-0.3, -0.25) is 4.79 Å². The molecular weight excluding hydrogens is 392 g/mol. The van der Waals surface area contributed by atoms with Crippen LogP contribution in [0.2, 0.25) is 0 Å². The van der Waals surface area contributed by atoms with E-state index in [1.165, 1.54) is 11.3 Å². The predicted octanol–water partition coefficient (Wildman–Crippen LogP) is 4.63. The van der Waals surface area contributed by atoms with Gasteiger partial charge >= 0.3 is 0 Å². The summed E-state index contributed by atoms with van der Waals surface area (Å²) < 4.78 is 0. The van der Waals surface area contributed by atoms with Crippen LogP contribution in [0.5, 0.6) is 0 Å². The van der Waals surface area contributed by atoms with Gasteiger partial charge in [0.25, 0.3) is 0 Å². The molecule has 1 fully saturated rings. The van der Waals surface area contributed by atoms with E-state index in [-0.39, 0.29) is 5.91 Å². The largest absolute Gasteiger partial charge is 0.372 e. The van der Waals surface area contributed by atoms with Crippen LogP contribution >= 0.6 is 12.2 Å². The Balaban J connectivity index is 1.44. The number of amides is 1. The number of rotatable bonds is 8. The van der Waals surface area contributed by atoms with Gasteiger partial charge in [0.2, 0.25) is 5.91 Å². The van der Waals surface area contributed by atoms with E-state index in [0.29, 0.717) is 11.5 Å². The molecule has 1 aliphatic heterocycles. The number of hydrogen-bond acceptors (Lipinski definition) is 3. The Hall–Kier alpha value is -2.60. The summed E-state index contributed by atoms with van der Waals surface area (Å²) in [6.45, 7) is 9.91. The number of nitrogens with zero attached hydrogens (tertiary/aromatic N) is 2. The highest BCUT2D eigenvalue weighted by molar-refractivity contribution is 7.80. The fourth-order valence-electron chi connectivity index (χ4n) is 3.81. The van der Waals surface area contributed by atoms with Gasteiger partial charge in [-0.1, -0.05) is 17.7 Å². The molecule has 3 rings (SSSR count). The molecule has 1 amide bonds. The van der Waals surface area contributed by atoms with Gasteiger partial charge < -0.3 is 20.4 Å². The van der Waals surface area contributed by atoms with Crippen LogP contribution in [0.25, 0.3) is 0 Å². The van der Waals surface area contributed by atoms with E-state index in [4.69, 9.17) is 12.2 Å². The zero-order valence-corrected chi connectivity index (χ0v) is 19.0. The minimum Gasteiger partial charge on any atom is -0.372 e. The third kappa shape index (κ3) is 5.72. The second-order valence-electron chi connectivity index (χ2n) is 7.80. The molecule has 0 aromatic heterocycles. The zero-order chi connectivity index (χ0) is 21.5. The Kier molecular flexibility index (Phi) is 7.69. The lowest BCUT2D eigenvalue weighted by atomic mass is 10.1. The standard InChI is InChI=1S/C24H32N4OS/c1-4-27(21-11-8-18(2)9-12-21)15-6-14-25-24(30)26-20-10-13-22(19(3)17-20)28-16-5-7-23(28)29/h8-13,17H,4-7,14-16H2,1-3H3,(H2,25,26,30). The van der Waals surface area contributed by atoms with E-state index >= 15 is 0 Å². The van der Waals surface area contributed by atoms with Gasteiger partial charge in [0.15, 0.2) is 5.11 Å². The van der Waals surface area contributed by atoms with Crippen molar-refractivity contribution in [3.05, 3.63) is 53.6 Å². The van der Waals surface area contributed by atoms with Gasteiger partial charge in [-0.15, -0.1) is 0 Å². The van der Waals surface area contributed by atoms with Crippen molar-refractivity contribution in [2.24, 2.45) is 0 Å². The van der Waals surface area contributed by atoms with Crippen LogP contribution in [0.15, 0.2) is 42.5 Å². The number of benzene rings is 2. The lowest BCUT2D eigenvalue weighted by Gasteiger charge is -2.23. The fourth-order valence-corrected chi connectivity index (χ4v) is 4.03. The molecule has 0 spiro atoms. The van der Waals surface area contributed by atoms with Crippen molar-refractivity contribution >= 4 is 40.3 Å². The highest BCUT2D eigenvalue weighted by atomic mass is 32.1. The number of carbonyl (C=O) groups is 1. The molecule has 0 unspecified atom stereocenters. The molecule has 2 N–H and O–H groups in total. The lowest BCUT2D eigenvalue weighted by molar-refractivity contribution is -0.117. The molecule has 2 aromatic carbocycles. The molecule has 6 heteroatoms. The second kappa shape index (κ2) is 10.4. The molecule has 0 aliphatic carbocycles. The Labute approximate surface area is 185 Å². The first-order valence-corrected chi connectivity index (χ1v) is 11.2. The quantitative estimate of drug-likeness (QED) is 0.478. The Morgan fingerprint density at radius 3 is 2.57 bits per heavy atom. The monoisotopic (exact) mass is 424 g/mol. The predicted molar refractivity (Wildman–Crippen MR) is 131 cm³/mol. The van der Waals surface area contributed by atoms with Crippen molar-refractivity contribution < 1.29 is 4.79 Å². The van der Waals surface area contributed by atoms with Crippen molar-refractivity contribution in [1.82, 2.24) is 5.32 Å². The van der Waals surface area contributed by atoms with E-state index in [2.05, 4.69) is 53.6 Å². The van der Waals surface area contributed by atoms with E-state index in [1.54, 1.807) is 0 Å². The minimum atomic E-state index is 0.211. The van der Waals surface area contributed by atoms with Crippen molar-refractivity contribution in [1.29, 1.82) is 0 Å². The molecular formula is C24H32N4OS. The van der Waals surface area contributed by atoms with E-state index in [0.717, 1.165) is 56.0 Å². The van der Waals surface area contributed by atoms with E-state index < -0.39 is 0 Å². The first kappa shape index (κ1) is 22.1. The molecule has 0 saturated carbocycles. The first-order valence-electron chi connectivity index (χ1n) is 10.8. The number of aryl methyl sites for hydroxylation is 2. The number of thiocarbonyl (C=S) groups is 1. The zero-order valence-electron chi connectivity index (χ0n) is 18.2. The minimum absolute atomic E-state index is 0.211. The Morgan fingerprint density at radius 1 is 1.17 bits per heavy atom. The SMILES string of the molecule is CCN(CCCNC(=S)Nc1ccc(N2CCCC2=O)c(C)c1)c1ccc(C)cc1. The van der Waals surface area contributed by atoms with Crippen LogP contribution in [-0.2, 0) is 4.79 Å². The molecule has 1 heterocycles. The summed E-state index contributed by atoms with van der Waals surface area (Å²) in [5, 5.41) is 7.17. The summed E-state index contributed by atoms with van der Waals surface area (Å²) in [6, 6.07) is 14.7. The van der Waals surface area contributed by atoms with Crippen LogP contribution in [0.3, 0.4) is 0 Å². The normalized spacial score (nSPS) is 13.4. The highest BCUT2D eigenvalue weighted by Crippen LogP contribution is 2.27. The Morgan fingerprint density at radius 2 is 1.93 bits per heavy atom. The molecule has 1 aliphatic rings. The fraction of sp³-hybridized carbons (Fsp3) is 0.417. The molecule has 0 radical (unpaired) electrons. The lowest BCUT2D eigenvalue weighted by Crippen LogP contribution is -2.32. The third-order valence-corrected chi connectivity index (χ3v) is 5.74. The van der Waals surface area contributed by atoms with Gasteiger partial charge in [0.1, 0.15) is 0 Å². The summed E-state index contributed by atoms with van der Waals surface area (Å²) in [7, 11) is 0. The molecule has 1 saturated heterocycles. The number of hydrogen-bond donors (Lipinski definition) is 2. The number of carbonyl (C=O) groups excluding carboxylic acids is 1. The molecule has 0 bridgehead atoms. The molecule has 0 atom stereocenters. The summed E-state index contributed by atoms with van der Waals surface area (Å²) in [6.07, 6.45) is 2.58. The van der Waals surface area contributed by atoms with Gasteiger partial charge in [0.05, 0.1) is 0 Å². The highest BCUT2D eigenvalue weighted by Gasteiger charge is 2.22. The Bertz CT molecular complexity index is 881. The smallest absolute Gasteiger partial charge is 0.227 e. The number of anilines is 3. The van der Waals surface area contributed by atoms with Crippen molar-refractivity contribution in [3.63, 3.8) is 0 Å². The maximum Gasteiger partial charge on any atom is 0.227 e. The van der Waals surface area contributed by atoms with Gasteiger partial charge in [-0.05, 0) is 81.7 Å². The van der Waals surface area contributed by atoms with E-state index in [1.807, 2.05) is 30.0 Å². The van der Waals surface area contributed by atoms with Crippen LogP contribution in [0, 0.1) is 13.8 Å². The molecule has 5 nitrogen and oxygen atoms in total. The average Bonchev–Trinajstić information content (AvgIpc) is 3.15. The van der Waals surface area contributed by atoms with Crippen LogP contribution in [0.1, 0.15) is 37.3 Å². The van der Waals surface area contributed by atoms with Crippen molar-refractivity contribution in [2.75, 3.05) is 41.3 Å². The summed E-state index contributed by atoms with van der Waals surface area (Å²) >= 11 is 5.45. The summed E-state index contributed by atoms with van der Waals surface area (Å²) in [5.74, 6) is 0.211. The topological polar surface area (TPSA) is 47.6 Å². The average molecular weight is 425 g/mol. The van der Waals surface area contributed by atoms with Gasteiger partial charge in [0, 0.05) is 49.7 Å². The maximum atomic E-state index is 12.0. The van der Waals surface area contributed by atoms with Crippen LogP contribution < -0.4 is 20.4 Å². The summed E-state index contributed by atoms with van der Waals surface area (Å²) in [4.78, 5) is 16.2. The van der Waals surface area contributed by atoms with Gasteiger partial charge in [-0.2, -0.15) is 0 Å². The van der Waals surface area contributed by atoms with Crippen LogP contribution in [-0.4, -0.2) is 37.2 Å². The molecule has 30 heavy (non-hydrogen) atoms. The number of nitrogens with one attached hydrogen (secondary N) is 2. The second-order valence-corrected chi connectivity index (χ2v) is 8.21. The van der Waals surface area contributed by atoms with Crippen molar-refractivity contribution in [3.8, 4) is 0 Å². The van der Waals surface area contributed by atoms with E-state index in [9.17, 15) is 4.79 Å². The molecule has 160 valence electrons. The summed E-state index contributed by atoms with van der Waals surface area (Å²) in [5.41, 5.74) is 5.56. The van der Waals surface area contributed by atoms with Gasteiger partial charge in [-0.25, -0.2) is 0 Å². The van der Waals surface area contributed by atoms with Crippen molar-refractivity contribution in [2.45, 2.75) is 40.0 Å². The van der Waals surface area contributed by atoms with Crippen LogP contribution in [0.4, 0.5) is 17.1 Å². The molecule has 2 aromatic rings. The maximum absolute atomic E-state index is 12.0.